The summed E-state index contributed by atoms with van der Waals surface area (Å²) in [6, 6.07) is 13.1. The zero-order valence-electron chi connectivity index (χ0n) is 30.3. The normalized spacial score (nSPS) is 29.5. The van der Waals surface area contributed by atoms with Gasteiger partial charge in [0.2, 0.25) is 0 Å². The van der Waals surface area contributed by atoms with Gasteiger partial charge in [-0.2, -0.15) is 0 Å². The number of fused-ring (bicyclic) bond motifs is 4. The fourth-order valence-electron chi connectivity index (χ4n) is 8.47. The Balaban J connectivity index is 1.29. The molecular weight excluding hydrogens is 702 g/mol. The predicted octanol–water partition coefficient (Wildman–Crippen LogP) is 7.45. The molecule has 2 aliphatic heterocycles. The molecule has 1 N–H and O–H groups in total. The van der Waals surface area contributed by atoms with Gasteiger partial charge in [0.15, 0.2) is 5.76 Å². The van der Waals surface area contributed by atoms with Gasteiger partial charge in [0.05, 0.1) is 24.2 Å². The SMILES string of the molecule is COCc1oc(C(=O)NS2(=O)=NC(=O)c3ccc4c(c3)N(C[C@@H]3CC[C@H]3[C@@H](OC)/C=C\C[C@H](C)C2)C[C@@]2(CCCc3cc(Cl)ccc32)CO4)cc1C. The van der Waals surface area contributed by atoms with Gasteiger partial charge in [0.25, 0.3) is 11.8 Å². The van der Waals surface area contributed by atoms with Gasteiger partial charge in [-0.15, -0.1) is 4.36 Å². The summed E-state index contributed by atoms with van der Waals surface area (Å²) in [6.07, 6.45) is 9.78. The van der Waals surface area contributed by atoms with Crippen molar-refractivity contribution in [2.24, 2.45) is 22.1 Å². The molecule has 278 valence electrons. The third-order valence-corrected chi connectivity index (χ3v) is 13.5. The van der Waals surface area contributed by atoms with Crippen molar-refractivity contribution >= 4 is 39.0 Å². The van der Waals surface area contributed by atoms with Crippen LogP contribution in [0.5, 0.6) is 5.75 Å². The summed E-state index contributed by atoms with van der Waals surface area (Å²) < 4.78 is 45.0. The highest BCUT2D eigenvalue weighted by molar-refractivity contribution is 7.92. The summed E-state index contributed by atoms with van der Waals surface area (Å²) in [6.45, 7) is 5.90. The molecule has 1 saturated carbocycles. The molecule has 1 fully saturated rings. The van der Waals surface area contributed by atoms with E-state index in [2.05, 4.69) is 38.3 Å². The molecule has 12 heteroatoms. The number of anilines is 1. The van der Waals surface area contributed by atoms with E-state index >= 15 is 0 Å². The number of halogens is 1. The van der Waals surface area contributed by atoms with Crippen molar-refractivity contribution in [2.75, 3.05) is 44.6 Å². The van der Waals surface area contributed by atoms with Gasteiger partial charge >= 0.3 is 0 Å². The molecule has 7 rings (SSSR count). The Morgan fingerprint density at radius 2 is 2.02 bits per heavy atom. The van der Waals surface area contributed by atoms with Crippen LogP contribution in [0, 0.1) is 24.7 Å². The molecule has 2 aromatic carbocycles. The molecule has 2 amide bonds. The Kier molecular flexibility index (Phi) is 10.6. The largest absolute Gasteiger partial charge is 0.490 e. The van der Waals surface area contributed by atoms with E-state index in [-0.39, 0.29) is 41.1 Å². The molecular formula is C40H48ClN3O7S. The number of methoxy groups -OCH3 is 2. The topological polar surface area (TPSA) is 120 Å². The Labute approximate surface area is 311 Å². The van der Waals surface area contributed by atoms with Gasteiger partial charge < -0.3 is 23.5 Å². The predicted molar refractivity (Wildman–Crippen MR) is 202 cm³/mol. The van der Waals surface area contributed by atoms with Crippen molar-refractivity contribution in [3.63, 3.8) is 0 Å². The average Bonchev–Trinajstić information content (AvgIpc) is 3.39. The number of rotatable bonds is 5. The van der Waals surface area contributed by atoms with Crippen molar-refractivity contribution in [3.8, 4) is 5.75 Å². The molecule has 1 aromatic heterocycles. The number of hydrogen-bond acceptors (Lipinski definition) is 8. The molecule has 6 atom stereocenters. The van der Waals surface area contributed by atoms with Crippen molar-refractivity contribution in [3.05, 3.63) is 93.4 Å². The van der Waals surface area contributed by atoms with E-state index in [1.54, 1.807) is 26.2 Å². The standard InChI is InChI=1S/C40H48ClN3O7S/c1-25-7-5-9-34(49-4)31-13-10-29(31)20-44-23-40(16-6-8-27-18-30(41)12-14-32(27)40)24-50-35-15-11-28(19-33(35)44)38(45)42-52(47,22-25)43-39(46)36-17-26(2)37(51-36)21-48-3/h5,9,11-12,14-15,17-19,25,29,31,34H,6-8,10,13,16,20-24H2,1-4H3,(H,42,43,45,46,47)/b9-5-/t25-,29-,31+,34-,40-,52?/m0/s1. The lowest BCUT2D eigenvalue weighted by Crippen LogP contribution is -2.49. The zero-order chi connectivity index (χ0) is 36.6. The molecule has 2 aliphatic carbocycles. The van der Waals surface area contributed by atoms with Crippen LogP contribution in [0.25, 0.3) is 0 Å². The first-order valence-electron chi connectivity index (χ1n) is 18.2. The van der Waals surface area contributed by atoms with E-state index in [1.165, 1.54) is 18.2 Å². The molecule has 3 heterocycles. The van der Waals surface area contributed by atoms with Crippen molar-refractivity contribution in [1.29, 1.82) is 0 Å². The van der Waals surface area contributed by atoms with E-state index in [4.69, 9.17) is 30.2 Å². The molecule has 1 spiro atoms. The van der Waals surface area contributed by atoms with Crippen LogP contribution in [-0.2, 0) is 37.8 Å². The lowest BCUT2D eigenvalue weighted by Gasteiger charge is -2.46. The number of nitrogens with one attached hydrogen (secondary N) is 1. The first-order chi connectivity index (χ1) is 25.0. The molecule has 0 radical (unpaired) electrons. The molecule has 52 heavy (non-hydrogen) atoms. The molecule has 1 unspecified atom stereocenters. The zero-order valence-corrected chi connectivity index (χ0v) is 31.9. The highest BCUT2D eigenvalue weighted by Gasteiger charge is 2.44. The van der Waals surface area contributed by atoms with Gasteiger partial charge in [0.1, 0.15) is 28.0 Å². The van der Waals surface area contributed by atoms with Gasteiger partial charge in [-0.05, 0) is 116 Å². The van der Waals surface area contributed by atoms with Crippen LogP contribution in [0.15, 0.2) is 63.4 Å². The van der Waals surface area contributed by atoms with Gasteiger partial charge in [0, 0.05) is 43.3 Å². The van der Waals surface area contributed by atoms with Gasteiger partial charge in [-0.1, -0.05) is 36.7 Å². The van der Waals surface area contributed by atoms with E-state index in [1.807, 2.05) is 25.1 Å². The fourth-order valence-corrected chi connectivity index (χ4v) is 10.5. The smallest absolute Gasteiger partial charge is 0.299 e. The second-order valence-corrected chi connectivity index (χ2v) is 17.5. The van der Waals surface area contributed by atoms with Gasteiger partial charge in [-0.3, -0.25) is 14.3 Å². The molecule has 4 aliphatic rings. The summed E-state index contributed by atoms with van der Waals surface area (Å²) >= 11 is 6.46. The maximum absolute atomic E-state index is 14.6. The number of ether oxygens (including phenoxy) is 3. The van der Waals surface area contributed by atoms with Crippen LogP contribution in [0.4, 0.5) is 5.69 Å². The maximum atomic E-state index is 14.6. The van der Waals surface area contributed by atoms with Gasteiger partial charge in [-0.25, -0.2) is 4.21 Å². The van der Waals surface area contributed by atoms with E-state index in [0.29, 0.717) is 42.9 Å². The lowest BCUT2D eigenvalue weighted by molar-refractivity contribution is 0.0131. The fraction of sp³-hybridized carbons (Fsp3) is 0.500. The number of carbonyl (C=O) groups excluding carboxylic acids is 2. The van der Waals surface area contributed by atoms with E-state index in [9.17, 15) is 13.8 Å². The molecule has 3 aromatic rings. The number of carbonyl (C=O) groups is 2. The summed E-state index contributed by atoms with van der Waals surface area (Å²) in [5, 5.41) is 0.735. The highest BCUT2D eigenvalue weighted by Crippen LogP contribution is 2.47. The second-order valence-electron chi connectivity index (χ2n) is 15.0. The number of allylic oxidation sites excluding steroid dienone is 1. The van der Waals surface area contributed by atoms with Crippen LogP contribution in [0.2, 0.25) is 5.02 Å². The second kappa shape index (κ2) is 15.0. The van der Waals surface area contributed by atoms with Crippen molar-refractivity contribution in [1.82, 2.24) is 4.72 Å². The number of furan rings is 1. The number of aryl methyl sites for hydroxylation is 2. The average molecular weight is 750 g/mol. The van der Waals surface area contributed by atoms with Crippen LogP contribution >= 0.6 is 11.6 Å². The van der Waals surface area contributed by atoms with Crippen molar-refractivity contribution < 1.29 is 32.4 Å². The van der Waals surface area contributed by atoms with Crippen LogP contribution in [0.1, 0.15) is 82.4 Å². The Morgan fingerprint density at radius 1 is 1.17 bits per heavy atom. The maximum Gasteiger partial charge on any atom is 0.299 e. The summed E-state index contributed by atoms with van der Waals surface area (Å²) in [7, 11) is -0.299. The molecule has 2 bridgehead atoms. The van der Waals surface area contributed by atoms with E-state index < -0.39 is 21.7 Å². The lowest BCUT2D eigenvalue weighted by atomic mass is 9.68. The minimum absolute atomic E-state index is 0.0223. The summed E-state index contributed by atoms with van der Waals surface area (Å²) in [5.41, 5.74) is 4.07. The third-order valence-electron chi connectivity index (χ3n) is 11.3. The van der Waals surface area contributed by atoms with Crippen LogP contribution in [-0.4, -0.2) is 61.8 Å². The first kappa shape index (κ1) is 36.7. The molecule has 0 saturated heterocycles. The number of nitrogens with zero attached hydrogens (tertiary/aromatic N) is 2. The summed E-state index contributed by atoms with van der Waals surface area (Å²) in [5.74, 6) is 0.283. The van der Waals surface area contributed by atoms with E-state index in [0.717, 1.165) is 54.9 Å². The van der Waals surface area contributed by atoms with Crippen LogP contribution < -0.4 is 14.4 Å². The molecule has 10 nitrogen and oxygen atoms in total. The Bertz CT molecular complexity index is 2000. The third kappa shape index (κ3) is 7.42. The number of hydrogen-bond donors (Lipinski definition) is 1. The minimum atomic E-state index is -3.59. The Hall–Kier alpha value is -3.64. The summed E-state index contributed by atoms with van der Waals surface area (Å²) in [4.78, 5) is 29.9. The highest BCUT2D eigenvalue weighted by atomic mass is 35.5. The quantitative estimate of drug-likeness (QED) is 0.267. The minimum Gasteiger partial charge on any atom is -0.490 e. The first-order valence-corrected chi connectivity index (χ1v) is 20.3. The van der Waals surface area contributed by atoms with Crippen LogP contribution in [0.3, 0.4) is 0 Å². The number of amides is 2. The van der Waals surface area contributed by atoms with Crippen molar-refractivity contribution in [2.45, 2.75) is 70.5 Å². The Morgan fingerprint density at radius 3 is 2.79 bits per heavy atom. The monoisotopic (exact) mass is 749 g/mol. The number of benzene rings is 2.